The molecule has 5 heteroatoms. The first kappa shape index (κ1) is 15.2. The zero-order chi connectivity index (χ0) is 15.2. The second-order valence-electron chi connectivity index (χ2n) is 4.45. The first-order chi connectivity index (χ1) is 10.2. The second-order valence-corrected chi connectivity index (χ2v) is 5.37. The molecule has 0 spiro atoms. The molecule has 0 unspecified atom stereocenters. The quantitative estimate of drug-likeness (QED) is 0.854. The lowest BCUT2D eigenvalue weighted by Gasteiger charge is -2.21. The van der Waals surface area contributed by atoms with Crippen molar-refractivity contribution in [1.82, 2.24) is 9.88 Å². The molecule has 0 N–H and O–H groups in total. The standard InChI is InChI=1S/C16H14BrN3O/c1-2-20(11-13-6-4-3-5-12(13)9-18)16(21)15-8-7-14(17)10-19-15/h3-8,10H,2,11H2,1H3. The predicted molar refractivity (Wildman–Crippen MR) is 83.5 cm³/mol. The number of hydrogen-bond donors (Lipinski definition) is 0. The lowest BCUT2D eigenvalue weighted by atomic mass is 10.1. The number of hydrogen-bond acceptors (Lipinski definition) is 3. The first-order valence-electron chi connectivity index (χ1n) is 6.54. The number of carbonyl (C=O) groups excluding carboxylic acids is 1. The van der Waals surface area contributed by atoms with Gasteiger partial charge in [0.1, 0.15) is 5.69 Å². The minimum absolute atomic E-state index is 0.141. The van der Waals surface area contributed by atoms with Gasteiger partial charge in [-0.2, -0.15) is 5.26 Å². The summed E-state index contributed by atoms with van der Waals surface area (Å²) in [5, 5.41) is 9.12. The van der Waals surface area contributed by atoms with Crippen molar-refractivity contribution in [2.45, 2.75) is 13.5 Å². The van der Waals surface area contributed by atoms with Gasteiger partial charge >= 0.3 is 0 Å². The Bertz CT molecular complexity index is 677. The van der Waals surface area contributed by atoms with E-state index in [2.05, 4.69) is 27.0 Å². The van der Waals surface area contributed by atoms with Crippen molar-refractivity contribution in [1.29, 1.82) is 5.26 Å². The largest absolute Gasteiger partial charge is 0.333 e. The fourth-order valence-corrected chi connectivity index (χ4v) is 2.20. The topological polar surface area (TPSA) is 57.0 Å². The van der Waals surface area contributed by atoms with Gasteiger partial charge in [-0.25, -0.2) is 4.98 Å². The van der Waals surface area contributed by atoms with Crippen molar-refractivity contribution >= 4 is 21.8 Å². The van der Waals surface area contributed by atoms with Crippen LogP contribution in [0, 0.1) is 11.3 Å². The Balaban J connectivity index is 2.22. The number of halogens is 1. The van der Waals surface area contributed by atoms with E-state index in [0.717, 1.165) is 10.0 Å². The Hall–Kier alpha value is -2.19. The highest BCUT2D eigenvalue weighted by Gasteiger charge is 2.16. The van der Waals surface area contributed by atoms with Crippen LogP contribution in [0.3, 0.4) is 0 Å². The van der Waals surface area contributed by atoms with Gasteiger partial charge in [0, 0.05) is 23.8 Å². The lowest BCUT2D eigenvalue weighted by Crippen LogP contribution is -2.31. The molecule has 0 saturated carbocycles. The van der Waals surface area contributed by atoms with E-state index < -0.39 is 0 Å². The SMILES string of the molecule is CCN(Cc1ccccc1C#N)C(=O)c1ccc(Br)cn1. The number of rotatable bonds is 4. The number of amides is 1. The molecule has 2 rings (SSSR count). The summed E-state index contributed by atoms with van der Waals surface area (Å²) in [4.78, 5) is 18.3. The molecule has 0 saturated heterocycles. The third-order valence-electron chi connectivity index (χ3n) is 3.11. The average Bonchev–Trinajstić information content (AvgIpc) is 2.53. The van der Waals surface area contributed by atoms with E-state index in [-0.39, 0.29) is 5.91 Å². The van der Waals surface area contributed by atoms with Gasteiger partial charge in [-0.3, -0.25) is 4.79 Å². The van der Waals surface area contributed by atoms with Gasteiger partial charge in [-0.05, 0) is 46.6 Å². The minimum Gasteiger partial charge on any atom is -0.333 e. The summed E-state index contributed by atoms with van der Waals surface area (Å²) in [6.45, 7) is 2.86. The molecule has 0 aliphatic rings. The van der Waals surface area contributed by atoms with E-state index in [9.17, 15) is 4.79 Å². The maximum absolute atomic E-state index is 12.5. The van der Waals surface area contributed by atoms with Gasteiger partial charge in [-0.15, -0.1) is 0 Å². The van der Waals surface area contributed by atoms with E-state index >= 15 is 0 Å². The lowest BCUT2D eigenvalue weighted by molar-refractivity contribution is 0.0746. The minimum atomic E-state index is -0.141. The molecular formula is C16H14BrN3O. The number of carbonyl (C=O) groups is 1. The number of pyridine rings is 1. The molecule has 2 aromatic rings. The summed E-state index contributed by atoms with van der Waals surface area (Å²) >= 11 is 3.30. The van der Waals surface area contributed by atoms with E-state index in [4.69, 9.17) is 5.26 Å². The highest BCUT2D eigenvalue weighted by molar-refractivity contribution is 9.10. The molecule has 1 heterocycles. The molecule has 0 radical (unpaired) electrons. The fourth-order valence-electron chi connectivity index (χ4n) is 1.96. The van der Waals surface area contributed by atoms with Gasteiger partial charge in [0.2, 0.25) is 0 Å². The summed E-state index contributed by atoms with van der Waals surface area (Å²) in [5.74, 6) is -0.141. The van der Waals surface area contributed by atoms with Gasteiger partial charge in [0.05, 0.1) is 11.6 Å². The molecule has 21 heavy (non-hydrogen) atoms. The number of nitriles is 1. The normalized spacial score (nSPS) is 9.95. The zero-order valence-corrected chi connectivity index (χ0v) is 13.2. The van der Waals surface area contributed by atoms with Crippen LogP contribution in [0.1, 0.15) is 28.5 Å². The van der Waals surface area contributed by atoms with E-state index in [1.54, 1.807) is 29.3 Å². The van der Waals surface area contributed by atoms with Crippen molar-refractivity contribution in [2.75, 3.05) is 6.54 Å². The van der Waals surface area contributed by atoms with Crippen molar-refractivity contribution in [3.8, 4) is 6.07 Å². The number of nitrogens with zero attached hydrogens (tertiary/aromatic N) is 3. The van der Waals surface area contributed by atoms with Crippen LogP contribution in [0.5, 0.6) is 0 Å². The molecule has 0 atom stereocenters. The molecule has 0 bridgehead atoms. The zero-order valence-electron chi connectivity index (χ0n) is 11.6. The molecule has 0 aliphatic heterocycles. The summed E-state index contributed by atoms with van der Waals surface area (Å²) in [6.07, 6.45) is 1.60. The van der Waals surface area contributed by atoms with Crippen LogP contribution in [0.2, 0.25) is 0 Å². The van der Waals surface area contributed by atoms with Crippen LogP contribution in [-0.2, 0) is 6.54 Å². The monoisotopic (exact) mass is 343 g/mol. The van der Waals surface area contributed by atoms with E-state index in [1.165, 1.54) is 0 Å². The van der Waals surface area contributed by atoms with Gasteiger partial charge in [-0.1, -0.05) is 18.2 Å². The third kappa shape index (κ3) is 3.67. The summed E-state index contributed by atoms with van der Waals surface area (Å²) in [7, 11) is 0. The van der Waals surface area contributed by atoms with Gasteiger partial charge in [0.15, 0.2) is 0 Å². The molecule has 1 amide bonds. The average molecular weight is 344 g/mol. The predicted octanol–water partition coefficient (Wildman–Crippen LogP) is 3.38. The highest BCUT2D eigenvalue weighted by atomic mass is 79.9. The molecule has 4 nitrogen and oxygen atoms in total. The van der Waals surface area contributed by atoms with Crippen LogP contribution >= 0.6 is 15.9 Å². The first-order valence-corrected chi connectivity index (χ1v) is 7.33. The van der Waals surface area contributed by atoms with Gasteiger partial charge < -0.3 is 4.90 Å². The van der Waals surface area contributed by atoms with Crippen LogP contribution in [0.15, 0.2) is 47.1 Å². The molecule has 106 valence electrons. The van der Waals surface area contributed by atoms with Crippen LogP contribution in [0.25, 0.3) is 0 Å². The smallest absolute Gasteiger partial charge is 0.272 e. The maximum atomic E-state index is 12.5. The van der Waals surface area contributed by atoms with Crippen molar-refractivity contribution in [3.63, 3.8) is 0 Å². The van der Waals surface area contributed by atoms with Crippen molar-refractivity contribution in [3.05, 3.63) is 63.9 Å². The molecule has 1 aromatic heterocycles. The molecular weight excluding hydrogens is 330 g/mol. The second kappa shape index (κ2) is 7.00. The van der Waals surface area contributed by atoms with Crippen LogP contribution in [-0.4, -0.2) is 22.3 Å². The Kier molecular flexibility index (Phi) is 5.07. The van der Waals surface area contributed by atoms with E-state index in [1.807, 2.05) is 25.1 Å². The van der Waals surface area contributed by atoms with Crippen LogP contribution in [0.4, 0.5) is 0 Å². The summed E-state index contributed by atoms with van der Waals surface area (Å²) < 4.78 is 0.830. The van der Waals surface area contributed by atoms with Crippen molar-refractivity contribution in [2.24, 2.45) is 0 Å². The highest BCUT2D eigenvalue weighted by Crippen LogP contribution is 2.14. The molecule has 0 aliphatic carbocycles. The maximum Gasteiger partial charge on any atom is 0.272 e. The molecule has 0 fully saturated rings. The summed E-state index contributed by atoms with van der Waals surface area (Å²) in [5.41, 5.74) is 1.83. The molecule has 1 aromatic carbocycles. The Labute approximate surface area is 132 Å². The Morgan fingerprint density at radius 2 is 2.10 bits per heavy atom. The Morgan fingerprint density at radius 1 is 1.33 bits per heavy atom. The van der Waals surface area contributed by atoms with Crippen molar-refractivity contribution < 1.29 is 4.79 Å². The number of benzene rings is 1. The third-order valence-corrected chi connectivity index (χ3v) is 3.58. The van der Waals surface area contributed by atoms with Crippen LogP contribution < -0.4 is 0 Å². The number of aromatic nitrogens is 1. The fraction of sp³-hybridized carbons (Fsp3) is 0.188. The van der Waals surface area contributed by atoms with E-state index in [0.29, 0.717) is 24.3 Å². The van der Waals surface area contributed by atoms with Gasteiger partial charge in [0.25, 0.3) is 5.91 Å². The summed E-state index contributed by atoms with van der Waals surface area (Å²) in [6, 6.07) is 12.9. The Morgan fingerprint density at radius 3 is 2.71 bits per heavy atom.